The summed E-state index contributed by atoms with van der Waals surface area (Å²) in [5.74, 6) is 0.939. The molecule has 1 aliphatic rings. The summed E-state index contributed by atoms with van der Waals surface area (Å²) < 4.78 is 41.0. The molecule has 100 valence electrons. The van der Waals surface area contributed by atoms with Crippen LogP contribution < -0.4 is 5.32 Å². The van der Waals surface area contributed by atoms with Crippen LogP contribution in [-0.2, 0) is 12.1 Å². The van der Waals surface area contributed by atoms with E-state index in [1.807, 2.05) is 0 Å². The Morgan fingerprint density at radius 3 is 2.72 bits per heavy atom. The third-order valence-corrected chi connectivity index (χ3v) is 4.63. The average molecular weight is 275 g/mol. The molecule has 1 nitrogen and oxygen atoms in total. The SMILES string of the molecule is CNC(C)C(F)(c1ccc2c(c1)CCS2)C(F)F. The Morgan fingerprint density at radius 1 is 1.39 bits per heavy atom. The lowest BCUT2D eigenvalue weighted by Gasteiger charge is -2.31. The van der Waals surface area contributed by atoms with Crippen molar-refractivity contribution in [1.82, 2.24) is 5.32 Å². The first-order chi connectivity index (χ1) is 8.50. The van der Waals surface area contributed by atoms with Gasteiger partial charge in [-0.05, 0) is 37.6 Å². The van der Waals surface area contributed by atoms with Gasteiger partial charge in [-0.25, -0.2) is 13.2 Å². The van der Waals surface area contributed by atoms with Gasteiger partial charge < -0.3 is 5.32 Å². The fraction of sp³-hybridized carbons (Fsp3) is 0.538. The van der Waals surface area contributed by atoms with E-state index in [-0.39, 0.29) is 5.56 Å². The second kappa shape index (κ2) is 5.13. The van der Waals surface area contributed by atoms with Gasteiger partial charge in [-0.3, -0.25) is 0 Å². The molecule has 0 radical (unpaired) electrons. The summed E-state index contributed by atoms with van der Waals surface area (Å²) >= 11 is 1.68. The fourth-order valence-corrected chi connectivity index (χ4v) is 3.25. The predicted octanol–water partition coefficient (Wildman–Crippen LogP) is 3.37. The molecule has 0 saturated carbocycles. The molecule has 0 aliphatic carbocycles. The third-order valence-electron chi connectivity index (χ3n) is 3.51. The van der Waals surface area contributed by atoms with Crippen LogP contribution in [0.5, 0.6) is 0 Å². The van der Waals surface area contributed by atoms with Gasteiger partial charge in [-0.2, -0.15) is 0 Å². The van der Waals surface area contributed by atoms with E-state index in [1.54, 1.807) is 23.9 Å². The maximum absolute atomic E-state index is 14.7. The zero-order valence-electron chi connectivity index (χ0n) is 10.3. The van der Waals surface area contributed by atoms with Crippen molar-refractivity contribution in [2.45, 2.75) is 36.4 Å². The van der Waals surface area contributed by atoms with Crippen molar-refractivity contribution in [2.24, 2.45) is 0 Å². The average Bonchev–Trinajstić information content (AvgIpc) is 2.83. The van der Waals surface area contributed by atoms with E-state index in [0.29, 0.717) is 0 Å². The number of likely N-dealkylation sites (N-methyl/N-ethyl adjacent to an activating group) is 1. The van der Waals surface area contributed by atoms with Crippen LogP contribution in [0.3, 0.4) is 0 Å². The minimum Gasteiger partial charge on any atom is -0.314 e. The van der Waals surface area contributed by atoms with Crippen LogP contribution in [0.4, 0.5) is 13.2 Å². The number of halogens is 3. The zero-order chi connectivity index (χ0) is 13.3. The molecule has 0 aromatic heterocycles. The van der Waals surface area contributed by atoms with Crippen molar-refractivity contribution in [3.63, 3.8) is 0 Å². The van der Waals surface area contributed by atoms with Gasteiger partial charge in [0.2, 0.25) is 5.67 Å². The number of fused-ring (bicyclic) bond motifs is 1. The van der Waals surface area contributed by atoms with Gasteiger partial charge in [0.15, 0.2) is 0 Å². The van der Waals surface area contributed by atoms with Crippen molar-refractivity contribution in [3.8, 4) is 0 Å². The second-order valence-electron chi connectivity index (χ2n) is 4.50. The van der Waals surface area contributed by atoms with E-state index in [1.165, 1.54) is 20.0 Å². The molecule has 0 bridgehead atoms. The monoisotopic (exact) mass is 275 g/mol. The van der Waals surface area contributed by atoms with Crippen LogP contribution in [0.2, 0.25) is 0 Å². The molecule has 1 aliphatic heterocycles. The minimum atomic E-state index is -3.05. The summed E-state index contributed by atoms with van der Waals surface area (Å²) in [6.07, 6.45) is -2.23. The van der Waals surface area contributed by atoms with Gasteiger partial charge >= 0.3 is 0 Å². The maximum atomic E-state index is 14.7. The summed E-state index contributed by atoms with van der Waals surface area (Å²) in [4.78, 5) is 1.08. The minimum absolute atomic E-state index is 0.0700. The van der Waals surface area contributed by atoms with E-state index in [0.717, 1.165) is 22.6 Å². The quantitative estimate of drug-likeness (QED) is 0.904. The molecule has 1 aromatic carbocycles. The number of nitrogens with one attached hydrogen (secondary N) is 1. The van der Waals surface area contributed by atoms with Crippen LogP contribution in [0.15, 0.2) is 23.1 Å². The third kappa shape index (κ3) is 2.14. The number of benzene rings is 1. The van der Waals surface area contributed by atoms with Gasteiger partial charge in [0.25, 0.3) is 6.43 Å². The molecule has 2 unspecified atom stereocenters. The molecular formula is C13H16F3NS. The van der Waals surface area contributed by atoms with E-state index < -0.39 is 18.1 Å². The molecule has 1 N–H and O–H groups in total. The summed E-state index contributed by atoms with van der Waals surface area (Å²) in [5, 5.41) is 2.59. The first-order valence-corrected chi connectivity index (χ1v) is 6.89. The van der Waals surface area contributed by atoms with Crippen molar-refractivity contribution in [1.29, 1.82) is 0 Å². The number of alkyl halides is 3. The molecule has 5 heteroatoms. The van der Waals surface area contributed by atoms with Gasteiger partial charge in [-0.1, -0.05) is 12.1 Å². The Morgan fingerprint density at radius 2 is 2.11 bits per heavy atom. The van der Waals surface area contributed by atoms with Crippen LogP contribution >= 0.6 is 11.8 Å². The molecule has 2 atom stereocenters. The van der Waals surface area contributed by atoms with Gasteiger partial charge in [0.1, 0.15) is 0 Å². The number of hydrogen-bond donors (Lipinski definition) is 1. The lowest BCUT2D eigenvalue weighted by atomic mass is 9.88. The molecule has 0 amide bonds. The van der Waals surface area contributed by atoms with Crippen molar-refractivity contribution < 1.29 is 13.2 Å². The standard InChI is InChI=1S/C13H16F3NS/c1-8(17-2)13(16,12(14)15)10-3-4-11-9(7-10)5-6-18-11/h3-4,7-8,12,17H,5-6H2,1-2H3. The Bertz CT molecular complexity index is 438. The highest BCUT2D eigenvalue weighted by atomic mass is 32.2. The number of aryl methyl sites for hydroxylation is 1. The summed E-state index contributed by atoms with van der Waals surface area (Å²) in [7, 11) is 1.49. The lowest BCUT2D eigenvalue weighted by molar-refractivity contribution is -0.0590. The Labute approximate surface area is 109 Å². The van der Waals surface area contributed by atoms with Crippen LogP contribution in [-0.4, -0.2) is 25.3 Å². The van der Waals surface area contributed by atoms with Crippen LogP contribution in [0.1, 0.15) is 18.1 Å². The largest absolute Gasteiger partial charge is 0.314 e. The molecular weight excluding hydrogens is 259 g/mol. The Hall–Kier alpha value is -0.680. The molecule has 1 heterocycles. The highest BCUT2D eigenvalue weighted by Crippen LogP contribution is 2.40. The highest BCUT2D eigenvalue weighted by Gasteiger charge is 2.47. The highest BCUT2D eigenvalue weighted by molar-refractivity contribution is 7.99. The normalized spacial score (nSPS) is 19.7. The lowest BCUT2D eigenvalue weighted by Crippen LogP contribution is -2.47. The van der Waals surface area contributed by atoms with Gasteiger partial charge in [0.05, 0.1) is 0 Å². The second-order valence-corrected chi connectivity index (χ2v) is 5.64. The van der Waals surface area contributed by atoms with E-state index in [4.69, 9.17) is 0 Å². The summed E-state index contributed by atoms with van der Waals surface area (Å²) in [6.45, 7) is 1.44. The van der Waals surface area contributed by atoms with Crippen molar-refractivity contribution >= 4 is 11.8 Å². The predicted molar refractivity (Wildman–Crippen MR) is 68.2 cm³/mol. The molecule has 0 saturated heterocycles. The fourth-order valence-electron chi connectivity index (χ4n) is 2.20. The molecule has 1 aromatic rings. The molecule has 18 heavy (non-hydrogen) atoms. The smallest absolute Gasteiger partial charge is 0.277 e. The van der Waals surface area contributed by atoms with Crippen molar-refractivity contribution in [3.05, 3.63) is 29.3 Å². The molecule has 0 fully saturated rings. The zero-order valence-corrected chi connectivity index (χ0v) is 11.2. The van der Waals surface area contributed by atoms with Crippen LogP contribution in [0.25, 0.3) is 0 Å². The van der Waals surface area contributed by atoms with E-state index in [9.17, 15) is 13.2 Å². The topological polar surface area (TPSA) is 12.0 Å². The molecule has 0 spiro atoms. The van der Waals surface area contributed by atoms with Crippen molar-refractivity contribution in [2.75, 3.05) is 12.8 Å². The summed E-state index contributed by atoms with van der Waals surface area (Å²) in [6, 6.07) is 3.89. The molecule has 2 rings (SSSR count). The summed E-state index contributed by atoms with van der Waals surface area (Å²) in [5.41, 5.74) is -1.60. The first-order valence-electron chi connectivity index (χ1n) is 5.90. The van der Waals surface area contributed by atoms with Gasteiger partial charge in [0, 0.05) is 16.7 Å². The first kappa shape index (κ1) is 13.7. The number of hydrogen-bond acceptors (Lipinski definition) is 2. The van der Waals surface area contributed by atoms with Gasteiger partial charge in [-0.15, -0.1) is 11.8 Å². The number of thioether (sulfide) groups is 1. The Kier molecular flexibility index (Phi) is 3.92. The number of rotatable bonds is 4. The van der Waals surface area contributed by atoms with Crippen LogP contribution in [0, 0.1) is 0 Å². The Balaban J connectivity index is 2.43. The van der Waals surface area contributed by atoms with E-state index in [2.05, 4.69) is 5.32 Å². The van der Waals surface area contributed by atoms with E-state index >= 15 is 0 Å². The maximum Gasteiger partial charge on any atom is 0.277 e.